The fourth-order valence-corrected chi connectivity index (χ4v) is 4.80. The third-order valence-corrected chi connectivity index (χ3v) is 6.08. The largest absolute Gasteiger partial charge is 0.356 e. The number of thiazole rings is 1. The van der Waals surface area contributed by atoms with E-state index in [9.17, 15) is 0 Å². The van der Waals surface area contributed by atoms with Gasteiger partial charge in [-0.25, -0.2) is 4.98 Å². The normalized spacial score (nSPS) is 17.9. The van der Waals surface area contributed by atoms with Gasteiger partial charge in [-0.1, -0.05) is 47.6 Å². The van der Waals surface area contributed by atoms with Gasteiger partial charge in [0.05, 0.1) is 22.0 Å². The zero-order valence-electron chi connectivity index (χ0n) is 14.3. The Kier molecular flexibility index (Phi) is 4.03. The van der Waals surface area contributed by atoms with Crippen LogP contribution in [0, 0.1) is 0 Å². The Bertz CT molecular complexity index is 991. The van der Waals surface area contributed by atoms with E-state index in [0.29, 0.717) is 6.04 Å². The minimum Gasteiger partial charge on any atom is -0.356 e. The second-order valence-corrected chi connectivity index (χ2v) is 7.76. The molecular formula is C21H19N3OS. The highest BCUT2D eigenvalue weighted by molar-refractivity contribution is 7.18. The monoisotopic (exact) mass is 361 g/mol. The van der Waals surface area contributed by atoms with Crippen LogP contribution in [0.25, 0.3) is 21.5 Å². The molecule has 2 aromatic heterocycles. The molecule has 4 aromatic rings. The van der Waals surface area contributed by atoms with Gasteiger partial charge in [0.15, 0.2) is 5.76 Å². The summed E-state index contributed by atoms with van der Waals surface area (Å²) >= 11 is 1.81. The molecule has 3 heterocycles. The van der Waals surface area contributed by atoms with E-state index in [1.165, 1.54) is 16.1 Å². The van der Waals surface area contributed by atoms with Crippen molar-refractivity contribution in [3.8, 4) is 11.3 Å². The molecule has 0 bridgehead atoms. The molecule has 0 saturated carbocycles. The smallest absolute Gasteiger partial charge is 0.167 e. The molecule has 0 N–H and O–H groups in total. The van der Waals surface area contributed by atoms with Crippen LogP contribution in [0.3, 0.4) is 0 Å². The number of hydrogen-bond donors (Lipinski definition) is 0. The molecule has 0 aliphatic carbocycles. The Labute approximate surface area is 156 Å². The topological polar surface area (TPSA) is 42.2 Å². The Morgan fingerprint density at radius 1 is 1.08 bits per heavy atom. The summed E-state index contributed by atoms with van der Waals surface area (Å²) in [6, 6.07) is 20.9. The number of aromatic nitrogens is 2. The van der Waals surface area contributed by atoms with Crippen molar-refractivity contribution in [2.45, 2.75) is 25.4 Å². The number of hydrogen-bond acceptors (Lipinski definition) is 5. The van der Waals surface area contributed by atoms with Gasteiger partial charge < -0.3 is 4.52 Å². The molecule has 5 heteroatoms. The lowest BCUT2D eigenvalue weighted by Crippen LogP contribution is -2.22. The highest BCUT2D eigenvalue weighted by atomic mass is 32.1. The van der Waals surface area contributed by atoms with Crippen molar-refractivity contribution in [1.82, 2.24) is 15.0 Å². The van der Waals surface area contributed by atoms with Gasteiger partial charge in [-0.05, 0) is 31.5 Å². The van der Waals surface area contributed by atoms with Gasteiger partial charge in [-0.3, -0.25) is 4.90 Å². The molecule has 5 rings (SSSR count). The van der Waals surface area contributed by atoms with E-state index in [1.807, 2.05) is 41.7 Å². The van der Waals surface area contributed by atoms with E-state index in [1.54, 1.807) is 0 Å². The number of likely N-dealkylation sites (tertiary alicyclic amines) is 1. The molecule has 26 heavy (non-hydrogen) atoms. The van der Waals surface area contributed by atoms with Crippen molar-refractivity contribution in [2.75, 3.05) is 6.54 Å². The Morgan fingerprint density at radius 3 is 2.81 bits per heavy atom. The number of rotatable bonds is 4. The van der Waals surface area contributed by atoms with E-state index < -0.39 is 0 Å². The molecule has 1 aliphatic rings. The van der Waals surface area contributed by atoms with Gasteiger partial charge in [-0.15, -0.1) is 11.3 Å². The SMILES string of the molecule is c1ccc(-c2cc(CN3CCC[C@H]3c3nc4ccccc4s3)no2)cc1. The summed E-state index contributed by atoms with van der Waals surface area (Å²) in [5, 5.41) is 5.51. The van der Waals surface area contributed by atoms with Crippen molar-refractivity contribution in [1.29, 1.82) is 0 Å². The fourth-order valence-electron chi connectivity index (χ4n) is 3.66. The Morgan fingerprint density at radius 2 is 1.92 bits per heavy atom. The Hall–Kier alpha value is -2.50. The highest BCUT2D eigenvalue weighted by Gasteiger charge is 2.29. The summed E-state index contributed by atoms with van der Waals surface area (Å²) < 4.78 is 6.83. The highest BCUT2D eigenvalue weighted by Crippen LogP contribution is 2.37. The standard InChI is InChI=1S/C21H19N3OS/c1-2-7-15(8-3-1)19-13-16(23-25-19)14-24-12-6-10-18(24)21-22-17-9-4-5-11-20(17)26-21/h1-5,7-9,11,13,18H,6,10,12,14H2/t18-/m0/s1. The molecule has 1 aliphatic heterocycles. The number of para-hydroxylation sites is 1. The van der Waals surface area contributed by atoms with E-state index in [-0.39, 0.29) is 0 Å². The van der Waals surface area contributed by atoms with Crippen LogP contribution >= 0.6 is 11.3 Å². The van der Waals surface area contributed by atoms with Crippen LogP contribution in [-0.4, -0.2) is 21.6 Å². The summed E-state index contributed by atoms with van der Waals surface area (Å²) in [6.45, 7) is 1.88. The molecule has 0 amide bonds. The maximum absolute atomic E-state index is 5.56. The van der Waals surface area contributed by atoms with E-state index in [0.717, 1.165) is 42.0 Å². The Balaban J connectivity index is 1.37. The van der Waals surface area contributed by atoms with Crippen LogP contribution in [0.2, 0.25) is 0 Å². The van der Waals surface area contributed by atoms with Crippen LogP contribution in [0.15, 0.2) is 65.2 Å². The van der Waals surface area contributed by atoms with E-state index in [4.69, 9.17) is 9.51 Å². The lowest BCUT2D eigenvalue weighted by atomic mass is 10.1. The summed E-state index contributed by atoms with van der Waals surface area (Å²) in [4.78, 5) is 7.35. The first-order valence-electron chi connectivity index (χ1n) is 8.97. The number of nitrogens with zero attached hydrogens (tertiary/aromatic N) is 3. The van der Waals surface area contributed by atoms with Gasteiger partial charge in [0, 0.05) is 18.2 Å². The number of benzene rings is 2. The second-order valence-electron chi connectivity index (χ2n) is 6.70. The lowest BCUT2D eigenvalue weighted by molar-refractivity contribution is 0.240. The second kappa shape index (κ2) is 6.67. The predicted octanol–water partition coefficient (Wildman–Crippen LogP) is 5.29. The molecule has 0 unspecified atom stereocenters. The van der Waals surface area contributed by atoms with Crippen LogP contribution in [0.5, 0.6) is 0 Å². The van der Waals surface area contributed by atoms with Gasteiger partial charge in [0.25, 0.3) is 0 Å². The van der Waals surface area contributed by atoms with Crippen molar-refractivity contribution in [2.24, 2.45) is 0 Å². The lowest BCUT2D eigenvalue weighted by Gasteiger charge is -2.21. The molecule has 1 atom stereocenters. The summed E-state index contributed by atoms with van der Waals surface area (Å²) in [5.41, 5.74) is 3.15. The van der Waals surface area contributed by atoms with Crippen molar-refractivity contribution >= 4 is 21.6 Å². The first-order valence-corrected chi connectivity index (χ1v) is 9.79. The zero-order chi connectivity index (χ0) is 17.3. The van der Waals surface area contributed by atoms with Crippen LogP contribution in [0.1, 0.15) is 29.6 Å². The predicted molar refractivity (Wildman–Crippen MR) is 104 cm³/mol. The van der Waals surface area contributed by atoms with Crippen molar-refractivity contribution in [3.63, 3.8) is 0 Å². The summed E-state index contributed by atoms with van der Waals surface area (Å²) in [7, 11) is 0. The minimum atomic E-state index is 0.379. The average molecular weight is 361 g/mol. The van der Waals surface area contributed by atoms with Crippen molar-refractivity contribution < 1.29 is 4.52 Å². The molecule has 0 radical (unpaired) electrons. The third-order valence-electron chi connectivity index (χ3n) is 4.94. The molecule has 1 fully saturated rings. The molecule has 1 saturated heterocycles. The van der Waals surface area contributed by atoms with E-state index >= 15 is 0 Å². The molecule has 130 valence electrons. The maximum atomic E-state index is 5.56. The summed E-state index contributed by atoms with van der Waals surface area (Å²) in [5.74, 6) is 0.830. The van der Waals surface area contributed by atoms with Gasteiger partial charge in [-0.2, -0.15) is 0 Å². The first-order chi connectivity index (χ1) is 12.9. The van der Waals surface area contributed by atoms with Crippen molar-refractivity contribution in [3.05, 3.63) is 71.4 Å². The van der Waals surface area contributed by atoms with Crippen LogP contribution in [0.4, 0.5) is 0 Å². The van der Waals surface area contributed by atoms with Crippen LogP contribution < -0.4 is 0 Å². The van der Waals surface area contributed by atoms with E-state index in [2.05, 4.69) is 40.4 Å². The fraction of sp³-hybridized carbons (Fsp3) is 0.238. The molecular weight excluding hydrogens is 342 g/mol. The first kappa shape index (κ1) is 15.7. The summed E-state index contributed by atoms with van der Waals surface area (Å²) in [6.07, 6.45) is 2.35. The third kappa shape index (κ3) is 2.93. The maximum Gasteiger partial charge on any atom is 0.167 e. The average Bonchev–Trinajstić information content (AvgIpc) is 3.41. The van der Waals surface area contributed by atoms with Gasteiger partial charge in [0.1, 0.15) is 5.01 Å². The molecule has 4 nitrogen and oxygen atoms in total. The quantitative estimate of drug-likeness (QED) is 0.495. The molecule has 2 aromatic carbocycles. The molecule has 0 spiro atoms. The van der Waals surface area contributed by atoms with Gasteiger partial charge in [0.2, 0.25) is 0 Å². The minimum absolute atomic E-state index is 0.379. The van der Waals surface area contributed by atoms with Crippen LogP contribution in [-0.2, 0) is 6.54 Å². The van der Waals surface area contributed by atoms with Gasteiger partial charge >= 0.3 is 0 Å². The zero-order valence-corrected chi connectivity index (χ0v) is 15.2. The number of fused-ring (bicyclic) bond motifs is 1.